The molecule has 4 nitrogen and oxygen atoms in total. The number of rotatable bonds is 6. The van der Waals surface area contributed by atoms with Crippen molar-refractivity contribution in [1.82, 2.24) is 19.7 Å². The monoisotopic (exact) mass is 250 g/mol. The number of aromatic nitrogens is 3. The maximum atomic E-state index is 4.50. The SMILES string of the molecule is CCN(CCn1cccn1)Cc1nc(C)cs1. The molecule has 2 heterocycles. The molecule has 17 heavy (non-hydrogen) atoms. The summed E-state index contributed by atoms with van der Waals surface area (Å²) >= 11 is 1.74. The van der Waals surface area contributed by atoms with E-state index in [1.165, 1.54) is 5.01 Å². The lowest BCUT2D eigenvalue weighted by Gasteiger charge is -2.18. The highest BCUT2D eigenvalue weighted by atomic mass is 32.1. The van der Waals surface area contributed by atoms with Gasteiger partial charge in [0.1, 0.15) is 5.01 Å². The molecule has 0 unspecified atom stereocenters. The Morgan fingerprint density at radius 3 is 2.94 bits per heavy atom. The van der Waals surface area contributed by atoms with E-state index in [9.17, 15) is 0 Å². The highest BCUT2D eigenvalue weighted by molar-refractivity contribution is 7.09. The molecule has 2 aromatic heterocycles. The first-order valence-corrected chi connectivity index (χ1v) is 6.76. The minimum absolute atomic E-state index is 0.936. The van der Waals surface area contributed by atoms with E-state index < -0.39 is 0 Å². The molecule has 0 saturated heterocycles. The molecule has 0 aliphatic carbocycles. The van der Waals surface area contributed by atoms with E-state index in [-0.39, 0.29) is 0 Å². The lowest BCUT2D eigenvalue weighted by molar-refractivity contribution is 0.263. The van der Waals surface area contributed by atoms with Gasteiger partial charge < -0.3 is 0 Å². The van der Waals surface area contributed by atoms with Gasteiger partial charge in [0, 0.05) is 30.0 Å². The van der Waals surface area contributed by atoms with Gasteiger partial charge in [0.15, 0.2) is 0 Å². The fourth-order valence-corrected chi connectivity index (χ4v) is 2.51. The van der Waals surface area contributed by atoms with Crippen LogP contribution < -0.4 is 0 Å². The van der Waals surface area contributed by atoms with E-state index >= 15 is 0 Å². The van der Waals surface area contributed by atoms with E-state index in [1.807, 2.05) is 30.1 Å². The van der Waals surface area contributed by atoms with Crippen molar-refractivity contribution >= 4 is 11.3 Å². The molecule has 0 spiro atoms. The predicted molar refractivity (Wildman–Crippen MR) is 70.0 cm³/mol. The Morgan fingerprint density at radius 1 is 1.47 bits per heavy atom. The van der Waals surface area contributed by atoms with Gasteiger partial charge in [-0.2, -0.15) is 5.10 Å². The van der Waals surface area contributed by atoms with Crippen LogP contribution in [-0.4, -0.2) is 32.8 Å². The topological polar surface area (TPSA) is 34.0 Å². The highest BCUT2D eigenvalue weighted by Crippen LogP contribution is 2.11. The maximum absolute atomic E-state index is 4.50. The molecule has 0 amide bonds. The Balaban J connectivity index is 1.84. The normalized spacial score (nSPS) is 11.2. The van der Waals surface area contributed by atoms with E-state index in [4.69, 9.17) is 0 Å². The summed E-state index contributed by atoms with van der Waals surface area (Å²) in [5.41, 5.74) is 1.12. The van der Waals surface area contributed by atoms with Crippen LogP contribution in [0.25, 0.3) is 0 Å². The Hall–Kier alpha value is -1.20. The third-order valence-corrected chi connectivity index (χ3v) is 3.63. The molecule has 0 aromatic carbocycles. The van der Waals surface area contributed by atoms with Crippen molar-refractivity contribution in [3.63, 3.8) is 0 Å². The van der Waals surface area contributed by atoms with Gasteiger partial charge in [-0.15, -0.1) is 11.3 Å². The summed E-state index contributed by atoms with van der Waals surface area (Å²) in [4.78, 5) is 6.89. The van der Waals surface area contributed by atoms with Crippen LogP contribution in [0.5, 0.6) is 0 Å². The number of hydrogen-bond acceptors (Lipinski definition) is 4. The molecule has 0 atom stereocenters. The molecular weight excluding hydrogens is 232 g/mol. The van der Waals surface area contributed by atoms with Crippen molar-refractivity contribution in [2.75, 3.05) is 13.1 Å². The van der Waals surface area contributed by atoms with Crippen LogP contribution in [0, 0.1) is 6.92 Å². The smallest absolute Gasteiger partial charge is 0.107 e. The zero-order valence-corrected chi connectivity index (χ0v) is 11.2. The molecule has 0 fully saturated rings. The van der Waals surface area contributed by atoms with Crippen LogP contribution in [0.3, 0.4) is 0 Å². The Morgan fingerprint density at radius 2 is 2.35 bits per heavy atom. The van der Waals surface area contributed by atoms with E-state index in [0.29, 0.717) is 0 Å². The number of nitrogens with zero attached hydrogens (tertiary/aromatic N) is 4. The molecule has 0 aliphatic rings. The molecule has 2 rings (SSSR count). The van der Waals surface area contributed by atoms with Crippen molar-refractivity contribution in [2.45, 2.75) is 26.9 Å². The standard InChI is InChI=1S/C12H18N4S/c1-3-15(7-8-16-6-4-5-13-16)9-12-14-11(2)10-17-12/h4-6,10H,3,7-9H2,1-2H3. The molecule has 92 valence electrons. The second-order valence-electron chi connectivity index (χ2n) is 4.02. The molecule has 0 radical (unpaired) electrons. The van der Waals surface area contributed by atoms with Gasteiger partial charge in [-0.05, 0) is 19.5 Å². The summed E-state index contributed by atoms with van der Waals surface area (Å²) in [6.07, 6.45) is 3.82. The fourth-order valence-electron chi connectivity index (χ4n) is 1.69. The Kier molecular flexibility index (Phi) is 4.28. The van der Waals surface area contributed by atoms with Crippen molar-refractivity contribution in [1.29, 1.82) is 0 Å². The van der Waals surface area contributed by atoms with Crippen LogP contribution in [0.4, 0.5) is 0 Å². The predicted octanol–water partition coefficient (Wildman–Crippen LogP) is 2.17. The molecular formula is C12H18N4S. The Labute approximate surface area is 106 Å². The first-order chi connectivity index (χ1) is 8.28. The number of thiazole rings is 1. The van der Waals surface area contributed by atoms with Gasteiger partial charge in [-0.3, -0.25) is 9.58 Å². The van der Waals surface area contributed by atoms with Crippen LogP contribution in [-0.2, 0) is 13.1 Å². The number of hydrogen-bond donors (Lipinski definition) is 0. The van der Waals surface area contributed by atoms with Crippen molar-refractivity contribution in [2.24, 2.45) is 0 Å². The van der Waals surface area contributed by atoms with Crippen molar-refractivity contribution in [3.8, 4) is 0 Å². The second kappa shape index (κ2) is 5.93. The van der Waals surface area contributed by atoms with Gasteiger partial charge in [-0.1, -0.05) is 6.92 Å². The summed E-state index contributed by atoms with van der Waals surface area (Å²) in [7, 11) is 0. The van der Waals surface area contributed by atoms with Crippen molar-refractivity contribution in [3.05, 3.63) is 34.5 Å². The first-order valence-electron chi connectivity index (χ1n) is 5.88. The van der Waals surface area contributed by atoms with E-state index in [0.717, 1.165) is 31.9 Å². The third kappa shape index (κ3) is 3.64. The molecule has 0 aliphatic heterocycles. The average Bonchev–Trinajstić information content (AvgIpc) is 2.96. The highest BCUT2D eigenvalue weighted by Gasteiger charge is 2.06. The van der Waals surface area contributed by atoms with Gasteiger partial charge in [-0.25, -0.2) is 4.98 Å². The zero-order chi connectivity index (χ0) is 12.1. The molecule has 0 bridgehead atoms. The summed E-state index contributed by atoms with van der Waals surface area (Å²) in [5, 5.41) is 7.52. The van der Waals surface area contributed by atoms with Gasteiger partial charge >= 0.3 is 0 Å². The minimum atomic E-state index is 0.936. The molecule has 2 aromatic rings. The summed E-state index contributed by atoms with van der Waals surface area (Å²) in [6.45, 7) is 8.15. The quantitative estimate of drug-likeness (QED) is 0.788. The second-order valence-corrected chi connectivity index (χ2v) is 4.96. The molecule has 0 N–H and O–H groups in total. The largest absolute Gasteiger partial charge is 0.295 e. The minimum Gasteiger partial charge on any atom is -0.295 e. The van der Waals surface area contributed by atoms with Crippen molar-refractivity contribution < 1.29 is 0 Å². The molecule has 0 saturated carbocycles. The van der Waals surface area contributed by atoms with Crippen LogP contribution in [0.15, 0.2) is 23.8 Å². The van der Waals surface area contributed by atoms with E-state index in [2.05, 4.69) is 27.3 Å². The van der Waals surface area contributed by atoms with Crippen LogP contribution >= 0.6 is 11.3 Å². The van der Waals surface area contributed by atoms with E-state index in [1.54, 1.807) is 11.3 Å². The average molecular weight is 250 g/mol. The molecule has 5 heteroatoms. The summed E-state index contributed by atoms with van der Waals surface area (Å²) < 4.78 is 1.97. The first kappa shape index (κ1) is 12.3. The fraction of sp³-hybridized carbons (Fsp3) is 0.500. The van der Waals surface area contributed by atoms with Gasteiger partial charge in [0.05, 0.1) is 13.1 Å². The van der Waals surface area contributed by atoms with Gasteiger partial charge in [0.2, 0.25) is 0 Å². The Bertz CT molecular complexity index is 435. The number of aryl methyl sites for hydroxylation is 1. The van der Waals surface area contributed by atoms with Crippen LogP contribution in [0.2, 0.25) is 0 Å². The lowest BCUT2D eigenvalue weighted by Crippen LogP contribution is -2.27. The zero-order valence-electron chi connectivity index (χ0n) is 10.3. The lowest BCUT2D eigenvalue weighted by atomic mass is 10.4. The van der Waals surface area contributed by atoms with Crippen LogP contribution in [0.1, 0.15) is 17.6 Å². The summed E-state index contributed by atoms with van der Waals surface area (Å²) in [5.74, 6) is 0. The maximum Gasteiger partial charge on any atom is 0.107 e. The number of likely N-dealkylation sites (N-methyl/N-ethyl adjacent to an activating group) is 1. The third-order valence-electron chi connectivity index (χ3n) is 2.68. The van der Waals surface area contributed by atoms with Gasteiger partial charge in [0.25, 0.3) is 0 Å². The summed E-state index contributed by atoms with van der Waals surface area (Å²) in [6, 6.07) is 1.96.